The summed E-state index contributed by atoms with van der Waals surface area (Å²) in [6, 6.07) is 34.8. The number of nitrogens with zero attached hydrogens (tertiary/aromatic N) is 1. The van der Waals surface area contributed by atoms with E-state index in [1.54, 1.807) is 7.11 Å². The smallest absolute Gasteiger partial charge is 0.119 e. The van der Waals surface area contributed by atoms with Crippen LogP contribution in [0.4, 0.5) is 17.1 Å². The van der Waals surface area contributed by atoms with E-state index in [9.17, 15) is 0 Å². The number of methoxy groups -OCH3 is 1. The van der Waals surface area contributed by atoms with Crippen molar-refractivity contribution in [3.63, 3.8) is 0 Å². The molecule has 0 saturated heterocycles. The lowest BCUT2D eigenvalue weighted by Crippen LogP contribution is -2.09. The molecular formula is C27H22ClNO. The number of halogens is 1. The van der Waals surface area contributed by atoms with Gasteiger partial charge in [-0.1, -0.05) is 66.2 Å². The third kappa shape index (κ3) is 4.73. The van der Waals surface area contributed by atoms with Gasteiger partial charge in [0.1, 0.15) is 5.75 Å². The van der Waals surface area contributed by atoms with Crippen molar-refractivity contribution in [2.45, 2.75) is 0 Å². The van der Waals surface area contributed by atoms with Crippen LogP contribution in [0.5, 0.6) is 5.75 Å². The van der Waals surface area contributed by atoms with E-state index in [4.69, 9.17) is 16.3 Å². The highest BCUT2D eigenvalue weighted by molar-refractivity contribution is 6.30. The Morgan fingerprint density at radius 1 is 0.600 bits per heavy atom. The molecule has 0 aromatic heterocycles. The molecule has 0 radical (unpaired) electrons. The van der Waals surface area contributed by atoms with E-state index in [0.717, 1.165) is 39.0 Å². The van der Waals surface area contributed by atoms with Gasteiger partial charge in [-0.3, -0.25) is 0 Å². The van der Waals surface area contributed by atoms with Crippen molar-refractivity contribution in [2.24, 2.45) is 0 Å². The molecule has 0 aliphatic rings. The highest BCUT2D eigenvalue weighted by atomic mass is 35.5. The topological polar surface area (TPSA) is 12.5 Å². The summed E-state index contributed by atoms with van der Waals surface area (Å²) >= 11 is 5.96. The Kier molecular flexibility index (Phi) is 6.17. The largest absolute Gasteiger partial charge is 0.497 e. The fourth-order valence-corrected chi connectivity index (χ4v) is 3.38. The molecule has 0 spiro atoms. The number of rotatable bonds is 6. The molecule has 0 bridgehead atoms. The highest BCUT2D eigenvalue weighted by Crippen LogP contribution is 2.35. The molecule has 4 aromatic carbocycles. The predicted molar refractivity (Wildman–Crippen MR) is 128 cm³/mol. The van der Waals surface area contributed by atoms with Crippen molar-refractivity contribution >= 4 is 40.8 Å². The van der Waals surface area contributed by atoms with Crippen LogP contribution in [0.2, 0.25) is 5.02 Å². The van der Waals surface area contributed by atoms with Crippen LogP contribution >= 0.6 is 11.6 Å². The summed E-state index contributed by atoms with van der Waals surface area (Å²) in [6.45, 7) is 0. The third-order valence-corrected chi connectivity index (χ3v) is 5.09. The Labute approximate surface area is 182 Å². The van der Waals surface area contributed by atoms with Crippen molar-refractivity contribution in [1.29, 1.82) is 0 Å². The van der Waals surface area contributed by atoms with Gasteiger partial charge in [0.15, 0.2) is 0 Å². The minimum Gasteiger partial charge on any atom is -0.497 e. The summed E-state index contributed by atoms with van der Waals surface area (Å²) in [6.07, 6.45) is 4.19. The fraction of sp³-hybridized carbons (Fsp3) is 0.0370. The van der Waals surface area contributed by atoms with E-state index in [0.29, 0.717) is 0 Å². The molecule has 4 rings (SSSR count). The number of benzene rings is 4. The van der Waals surface area contributed by atoms with Crippen molar-refractivity contribution in [3.05, 3.63) is 119 Å². The van der Waals surface area contributed by atoms with Crippen LogP contribution in [0.15, 0.2) is 103 Å². The lowest BCUT2D eigenvalue weighted by Gasteiger charge is -2.25. The SMILES string of the molecule is COc1ccc(N(c2ccccc2)c2ccc(C=Cc3ccc(Cl)cc3)cc2)cc1. The molecule has 0 saturated carbocycles. The number of hydrogen-bond acceptors (Lipinski definition) is 2. The molecule has 0 atom stereocenters. The minimum absolute atomic E-state index is 0.746. The van der Waals surface area contributed by atoms with E-state index in [1.807, 2.05) is 42.5 Å². The summed E-state index contributed by atoms with van der Waals surface area (Å²) < 4.78 is 5.31. The fourth-order valence-electron chi connectivity index (χ4n) is 3.26. The zero-order chi connectivity index (χ0) is 20.8. The van der Waals surface area contributed by atoms with Crippen molar-refractivity contribution in [2.75, 3.05) is 12.0 Å². The average molecular weight is 412 g/mol. The Morgan fingerprint density at radius 2 is 1.07 bits per heavy atom. The predicted octanol–water partition coefficient (Wildman–Crippen LogP) is 7.99. The Balaban J connectivity index is 1.63. The van der Waals surface area contributed by atoms with Crippen molar-refractivity contribution in [3.8, 4) is 5.75 Å². The third-order valence-electron chi connectivity index (χ3n) is 4.83. The summed E-state index contributed by atoms with van der Waals surface area (Å²) in [4.78, 5) is 2.23. The quantitative estimate of drug-likeness (QED) is 0.298. The van der Waals surface area contributed by atoms with Crippen LogP contribution in [0, 0.1) is 0 Å². The molecule has 0 unspecified atom stereocenters. The molecule has 0 heterocycles. The van der Waals surface area contributed by atoms with E-state index >= 15 is 0 Å². The van der Waals surface area contributed by atoms with Gasteiger partial charge in [0.05, 0.1) is 7.11 Å². The lowest BCUT2D eigenvalue weighted by molar-refractivity contribution is 0.415. The van der Waals surface area contributed by atoms with Gasteiger partial charge in [-0.2, -0.15) is 0 Å². The Hall–Kier alpha value is -3.49. The number of para-hydroxylation sites is 1. The van der Waals surface area contributed by atoms with E-state index in [1.165, 1.54) is 0 Å². The van der Waals surface area contributed by atoms with Gasteiger partial charge in [-0.05, 0) is 71.8 Å². The average Bonchev–Trinajstić information content (AvgIpc) is 2.81. The lowest BCUT2D eigenvalue weighted by atomic mass is 10.1. The molecule has 0 amide bonds. The van der Waals surface area contributed by atoms with Gasteiger partial charge in [0.2, 0.25) is 0 Å². The van der Waals surface area contributed by atoms with Gasteiger partial charge < -0.3 is 9.64 Å². The van der Waals surface area contributed by atoms with Crippen LogP contribution < -0.4 is 9.64 Å². The molecule has 148 valence electrons. The molecule has 3 heteroatoms. The van der Waals surface area contributed by atoms with E-state index in [-0.39, 0.29) is 0 Å². The number of hydrogen-bond donors (Lipinski definition) is 0. The van der Waals surface area contributed by atoms with Crippen LogP contribution in [0.25, 0.3) is 12.2 Å². The van der Waals surface area contributed by atoms with Gasteiger partial charge >= 0.3 is 0 Å². The highest BCUT2D eigenvalue weighted by Gasteiger charge is 2.12. The van der Waals surface area contributed by atoms with E-state index in [2.05, 4.69) is 77.7 Å². The minimum atomic E-state index is 0.746. The maximum absolute atomic E-state index is 5.96. The van der Waals surface area contributed by atoms with Gasteiger partial charge in [-0.15, -0.1) is 0 Å². The molecule has 0 fully saturated rings. The molecule has 30 heavy (non-hydrogen) atoms. The first-order chi connectivity index (χ1) is 14.7. The molecule has 0 N–H and O–H groups in total. The van der Waals surface area contributed by atoms with E-state index < -0.39 is 0 Å². The summed E-state index contributed by atoms with van der Waals surface area (Å²) in [7, 11) is 1.68. The summed E-state index contributed by atoms with van der Waals surface area (Å²) in [5, 5.41) is 0.746. The normalized spacial score (nSPS) is 10.9. The van der Waals surface area contributed by atoms with Crippen LogP contribution in [0.1, 0.15) is 11.1 Å². The molecule has 0 aliphatic carbocycles. The maximum atomic E-state index is 5.96. The monoisotopic (exact) mass is 411 g/mol. The van der Waals surface area contributed by atoms with Crippen LogP contribution in [-0.4, -0.2) is 7.11 Å². The van der Waals surface area contributed by atoms with Gasteiger partial charge in [-0.25, -0.2) is 0 Å². The summed E-state index contributed by atoms with van der Waals surface area (Å²) in [5.41, 5.74) is 5.53. The molecule has 4 aromatic rings. The summed E-state index contributed by atoms with van der Waals surface area (Å²) in [5.74, 6) is 0.842. The second-order valence-corrected chi connectivity index (χ2v) is 7.28. The number of ether oxygens (including phenoxy) is 1. The number of anilines is 3. The van der Waals surface area contributed by atoms with Gasteiger partial charge in [0, 0.05) is 22.1 Å². The first kappa shape index (κ1) is 19.8. The molecule has 0 aliphatic heterocycles. The second-order valence-electron chi connectivity index (χ2n) is 6.85. The second kappa shape index (κ2) is 9.34. The maximum Gasteiger partial charge on any atom is 0.119 e. The standard InChI is InChI=1S/C27H22ClNO/c1-30-27-19-17-26(18-20-27)29(24-5-3-2-4-6-24)25-15-11-22(12-16-25)8-7-21-9-13-23(28)14-10-21/h2-20H,1H3. The first-order valence-corrected chi connectivity index (χ1v) is 10.1. The van der Waals surface area contributed by atoms with Crippen molar-refractivity contribution in [1.82, 2.24) is 0 Å². The van der Waals surface area contributed by atoms with Gasteiger partial charge in [0.25, 0.3) is 0 Å². The molecular weight excluding hydrogens is 390 g/mol. The Morgan fingerprint density at radius 3 is 1.60 bits per heavy atom. The Bertz CT molecular complexity index is 1100. The van der Waals surface area contributed by atoms with Crippen LogP contribution in [0.3, 0.4) is 0 Å². The zero-order valence-electron chi connectivity index (χ0n) is 16.7. The first-order valence-electron chi connectivity index (χ1n) is 9.76. The molecule has 2 nitrogen and oxygen atoms in total. The van der Waals surface area contributed by atoms with Crippen molar-refractivity contribution < 1.29 is 4.74 Å². The zero-order valence-corrected chi connectivity index (χ0v) is 17.5. The van der Waals surface area contributed by atoms with Crippen LogP contribution in [-0.2, 0) is 0 Å².